The van der Waals surface area contributed by atoms with Gasteiger partial charge < -0.3 is 13.7 Å². The van der Waals surface area contributed by atoms with Crippen LogP contribution in [-0.4, -0.2) is 8.80 Å². The van der Waals surface area contributed by atoms with Crippen LogP contribution in [-0.2, 0) is 5.41 Å². The van der Waals surface area contributed by atoms with Crippen LogP contribution in [0.1, 0.15) is 26.3 Å². The van der Waals surface area contributed by atoms with Crippen LogP contribution in [0.15, 0.2) is 170 Å². The molecule has 0 aliphatic rings. The first-order chi connectivity index (χ1) is 27.0. The average molecular weight is 704 g/mol. The first kappa shape index (κ1) is 30.6. The molecule has 0 saturated carbocycles. The van der Waals surface area contributed by atoms with E-state index in [0.717, 1.165) is 11.4 Å². The average Bonchev–Trinajstić information content (AvgIpc) is 3.94. The highest BCUT2D eigenvalue weighted by Gasteiger charge is 2.26. The van der Waals surface area contributed by atoms with Crippen molar-refractivity contribution in [1.29, 1.82) is 0 Å². The number of fused-ring (bicyclic) bond motifs is 12. The van der Waals surface area contributed by atoms with E-state index >= 15 is 0 Å². The van der Waals surface area contributed by atoms with Crippen LogP contribution < -0.4 is 4.90 Å². The number of aromatic nitrogens is 2. The van der Waals surface area contributed by atoms with Crippen molar-refractivity contribution in [3.63, 3.8) is 0 Å². The number of nitrogens with zero attached hydrogens (tertiary/aromatic N) is 3. The number of rotatable bonds is 4. The van der Waals surface area contributed by atoms with Crippen LogP contribution in [0.3, 0.4) is 0 Å². The summed E-state index contributed by atoms with van der Waals surface area (Å²) in [6, 6.07) is 63.0. The van der Waals surface area contributed by atoms with Crippen LogP contribution in [0.4, 0.5) is 17.1 Å². The Morgan fingerprint density at radius 3 is 1.45 bits per heavy atom. The highest BCUT2D eigenvalue weighted by molar-refractivity contribution is 6.32. The van der Waals surface area contributed by atoms with Crippen LogP contribution in [0.25, 0.3) is 87.3 Å². The lowest BCUT2D eigenvalue weighted by molar-refractivity contribution is 0.590. The van der Waals surface area contributed by atoms with Crippen molar-refractivity contribution < 1.29 is 0 Å². The molecule has 0 atom stereocenters. The van der Waals surface area contributed by atoms with E-state index in [-0.39, 0.29) is 5.41 Å². The van der Waals surface area contributed by atoms with Gasteiger partial charge in [0.05, 0.1) is 38.8 Å². The van der Waals surface area contributed by atoms with Gasteiger partial charge in [-0.3, -0.25) is 0 Å². The minimum Gasteiger partial charge on any atom is -0.310 e. The van der Waals surface area contributed by atoms with Gasteiger partial charge in [0.15, 0.2) is 0 Å². The molecule has 0 saturated heterocycles. The van der Waals surface area contributed by atoms with Crippen molar-refractivity contribution in [2.24, 2.45) is 0 Å². The van der Waals surface area contributed by atoms with Gasteiger partial charge in [-0.1, -0.05) is 136 Å². The van der Waals surface area contributed by atoms with Gasteiger partial charge >= 0.3 is 0 Å². The van der Waals surface area contributed by atoms with Gasteiger partial charge in [0.2, 0.25) is 0 Å². The van der Waals surface area contributed by atoms with E-state index in [9.17, 15) is 0 Å². The summed E-state index contributed by atoms with van der Waals surface area (Å²) in [7, 11) is 0. The molecule has 3 nitrogen and oxygen atoms in total. The Bertz CT molecular complexity index is 3400. The second-order valence-corrected chi connectivity index (χ2v) is 16.2. The minimum absolute atomic E-state index is 0.110. The lowest BCUT2D eigenvalue weighted by atomic mass is 9.86. The monoisotopic (exact) mass is 703 g/mol. The molecule has 0 unspecified atom stereocenters. The Morgan fingerprint density at radius 1 is 0.400 bits per heavy atom. The van der Waals surface area contributed by atoms with E-state index in [0.29, 0.717) is 0 Å². The highest BCUT2D eigenvalue weighted by atomic mass is 15.1. The van der Waals surface area contributed by atoms with Crippen LogP contribution in [0.5, 0.6) is 0 Å². The molecule has 0 fully saturated rings. The summed E-state index contributed by atoms with van der Waals surface area (Å²) in [5.74, 6) is 0. The standard InChI is InChI=1S/C52H37N3/c1-52(2,3)33-24-22-32(23-25-33)36-26-27-37-41-30-47-42(31-46(41)54-43-20-12-10-18-39(43)48(36)50(37)54)38-28-29-45(49-40-19-11-13-21-44(40)55(47)51(38)49)53(34-14-6-4-7-15-34)35-16-8-5-9-17-35/h4-31H,1-3H3. The van der Waals surface area contributed by atoms with E-state index in [4.69, 9.17) is 0 Å². The molecule has 0 bridgehead atoms. The van der Waals surface area contributed by atoms with Gasteiger partial charge in [0.1, 0.15) is 0 Å². The van der Waals surface area contributed by atoms with Gasteiger partial charge in [-0.25, -0.2) is 0 Å². The van der Waals surface area contributed by atoms with Crippen molar-refractivity contribution in [2.45, 2.75) is 26.2 Å². The minimum atomic E-state index is 0.110. The first-order valence-corrected chi connectivity index (χ1v) is 19.3. The lowest BCUT2D eigenvalue weighted by Crippen LogP contribution is -2.10. The fraction of sp³-hybridized carbons (Fsp3) is 0.0769. The molecule has 12 aromatic rings. The van der Waals surface area contributed by atoms with Crippen molar-refractivity contribution in [3.05, 3.63) is 175 Å². The van der Waals surface area contributed by atoms with Crippen LogP contribution in [0.2, 0.25) is 0 Å². The van der Waals surface area contributed by atoms with E-state index in [1.54, 1.807) is 0 Å². The zero-order valence-corrected chi connectivity index (χ0v) is 31.0. The Hall–Kier alpha value is -6.84. The molecule has 3 heteroatoms. The molecule has 4 heterocycles. The quantitative estimate of drug-likeness (QED) is 0.178. The van der Waals surface area contributed by atoms with Gasteiger partial charge in [0, 0.05) is 54.5 Å². The van der Waals surface area contributed by atoms with E-state index in [2.05, 4.69) is 204 Å². The summed E-state index contributed by atoms with van der Waals surface area (Å²) in [6.07, 6.45) is 0. The summed E-state index contributed by atoms with van der Waals surface area (Å²) in [5, 5.41) is 10.3. The molecule has 4 aromatic heterocycles. The zero-order chi connectivity index (χ0) is 36.6. The Balaban J connectivity index is 1.18. The molecule has 55 heavy (non-hydrogen) atoms. The largest absolute Gasteiger partial charge is 0.310 e. The van der Waals surface area contributed by atoms with E-state index in [1.807, 2.05) is 0 Å². The molecule has 8 aromatic carbocycles. The third-order valence-electron chi connectivity index (χ3n) is 12.1. The van der Waals surface area contributed by atoms with Crippen molar-refractivity contribution in [1.82, 2.24) is 8.80 Å². The number of hydrogen-bond donors (Lipinski definition) is 0. The molecule has 0 aliphatic carbocycles. The predicted molar refractivity (Wildman–Crippen MR) is 235 cm³/mol. The molecule has 0 radical (unpaired) electrons. The third-order valence-corrected chi connectivity index (χ3v) is 12.1. The first-order valence-electron chi connectivity index (χ1n) is 19.3. The summed E-state index contributed by atoms with van der Waals surface area (Å²) in [6.45, 7) is 6.84. The van der Waals surface area contributed by atoms with Gasteiger partial charge in [0.25, 0.3) is 0 Å². The van der Waals surface area contributed by atoms with Crippen molar-refractivity contribution >= 4 is 93.3 Å². The second kappa shape index (κ2) is 10.9. The summed E-state index contributed by atoms with van der Waals surface area (Å²) in [4.78, 5) is 2.41. The van der Waals surface area contributed by atoms with Gasteiger partial charge in [-0.2, -0.15) is 0 Å². The maximum atomic E-state index is 2.53. The molecule has 0 amide bonds. The molecular formula is C52H37N3. The normalized spacial score (nSPS) is 12.6. The molecule has 260 valence electrons. The number of anilines is 3. The van der Waals surface area contributed by atoms with Gasteiger partial charge in [-0.15, -0.1) is 0 Å². The van der Waals surface area contributed by atoms with Crippen LogP contribution >= 0.6 is 0 Å². The predicted octanol–water partition coefficient (Wildman–Crippen LogP) is 14.4. The highest BCUT2D eigenvalue weighted by Crippen LogP contribution is 2.50. The number of hydrogen-bond acceptors (Lipinski definition) is 1. The molecule has 0 spiro atoms. The summed E-state index contributed by atoms with van der Waals surface area (Å²) >= 11 is 0. The Morgan fingerprint density at radius 2 is 0.891 bits per heavy atom. The van der Waals surface area contributed by atoms with E-state index in [1.165, 1.54) is 98.6 Å². The fourth-order valence-corrected chi connectivity index (χ4v) is 9.65. The maximum Gasteiger partial charge on any atom is 0.0641 e. The zero-order valence-electron chi connectivity index (χ0n) is 31.0. The molecule has 12 rings (SSSR count). The Labute approximate surface area is 318 Å². The maximum absolute atomic E-state index is 2.53. The number of para-hydroxylation sites is 4. The van der Waals surface area contributed by atoms with Crippen molar-refractivity contribution in [3.8, 4) is 11.1 Å². The van der Waals surface area contributed by atoms with Crippen LogP contribution in [0, 0.1) is 0 Å². The third kappa shape index (κ3) is 4.10. The lowest BCUT2D eigenvalue weighted by Gasteiger charge is -2.26. The smallest absolute Gasteiger partial charge is 0.0641 e. The van der Waals surface area contributed by atoms with Gasteiger partial charge in [-0.05, 0) is 76.7 Å². The van der Waals surface area contributed by atoms with Crippen molar-refractivity contribution in [2.75, 3.05) is 4.90 Å². The summed E-state index contributed by atoms with van der Waals surface area (Å²) in [5.41, 5.74) is 15.0. The second-order valence-electron chi connectivity index (χ2n) is 16.2. The fourth-order valence-electron chi connectivity index (χ4n) is 9.65. The Kier molecular flexibility index (Phi) is 6.05. The molecular weight excluding hydrogens is 667 g/mol. The van der Waals surface area contributed by atoms with E-state index < -0.39 is 0 Å². The molecule has 0 aliphatic heterocycles. The number of benzene rings is 8. The topological polar surface area (TPSA) is 12.1 Å². The summed E-state index contributed by atoms with van der Waals surface area (Å²) < 4.78 is 5.06. The molecule has 0 N–H and O–H groups in total. The SMILES string of the molecule is CC(C)(C)c1ccc(-c2ccc3c4cc5c(cc4n4c6ccccc6c2c34)c2ccc(N(c3ccccc3)c3ccccc3)c3c4ccccc4n5c23)cc1.